The summed E-state index contributed by atoms with van der Waals surface area (Å²) in [6, 6.07) is 6.72. The predicted octanol–water partition coefficient (Wildman–Crippen LogP) is 3.11. The van der Waals surface area contributed by atoms with E-state index in [0.717, 1.165) is 26.1 Å². The number of rotatable bonds is 7. The molecule has 18 heavy (non-hydrogen) atoms. The van der Waals surface area contributed by atoms with Gasteiger partial charge in [-0.25, -0.2) is 0 Å². The molecule has 102 valence electrons. The molecule has 0 fully saturated rings. The maximum atomic E-state index is 5.05. The largest absolute Gasteiger partial charge is 0.383 e. The smallest absolute Gasteiger partial charge is 0.0587 e. The number of hydrogen-bond acceptors (Lipinski definition) is 2. The summed E-state index contributed by atoms with van der Waals surface area (Å²) < 4.78 is 5.05. The quantitative estimate of drug-likeness (QED) is 0.750. The van der Waals surface area contributed by atoms with Gasteiger partial charge < -0.3 is 10.1 Å². The van der Waals surface area contributed by atoms with Crippen molar-refractivity contribution in [3.63, 3.8) is 0 Å². The predicted molar refractivity (Wildman–Crippen MR) is 78.1 cm³/mol. The van der Waals surface area contributed by atoms with Gasteiger partial charge in [-0.05, 0) is 36.8 Å². The average molecular weight is 249 g/mol. The molecule has 1 rings (SSSR count). The van der Waals surface area contributed by atoms with Crippen molar-refractivity contribution in [1.29, 1.82) is 0 Å². The van der Waals surface area contributed by atoms with Crippen molar-refractivity contribution >= 4 is 0 Å². The summed E-state index contributed by atoms with van der Waals surface area (Å²) in [7, 11) is 1.74. The Morgan fingerprint density at radius 3 is 2.61 bits per heavy atom. The van der Waals surface area contributed by atoms with E-state index in [4.69, 9.17) is 4.74 Å². The highest BCUT2D eigenvalue weighted by Crippen LogP contribution is 2.23. The molecule has 2 nitrogen and oxygen atoms in total. The van der Waals surface area contributed by atoms with Crippen molar-refractivity contribution in [2.75, 3.05) is 26.8 Å². The van der Waals surface area contributed by atoms with E-state index in [1.165, 1.54) is 16.7 Å². The van der Waals surface area contributed by atoms with Crippen molar-refractivity contribution < 1.29 is 4.74 Å². The van der Waals surface area contributed by atoms with Crippen LogP contribution < -0.4 is 5.32 Å². The van der Waals surface area contributed by atoms with Crippen LogP contribution in [0.1, 0.15) is 30.5 Å². The normalized spacial score (nSPS) is 11.8. The Bertz CT molecular complexity index is 371. The van der Waals surface area contributed by atoms with E-state index >= 15 is 0 Å². The molecule has 0 unspecified atom stereocenters. The van der Waals surface area contributed by atoms with E-state index in [0.29, 0.717) is 0 Å². The Morgan fingerprint density at radius 2 is 1.94 bits per heavy atom. The van der Waals surface area contributed by atoms with Gasteiger partial charge in [-0.15, -0.1) is 0 Å². The summed E-state index contributed by atoms with van der Waals surface area (Å²) in [6.07, 6.45) is 1.11. The van der Waals surface area contributed by atoms with Crippen molar-refractivity contribution in [3.05, 3.63) is 34.9 Å². The summed E-state index contributed by atoms with van der Waals surface area (Å²) in [6.45, 7) is 11.7. The summed E-state index contributed by atoms with van der Waals surface area (Å²) in [5, 5.41) is 3.46. The minimum atomic E-state index is 0.270. The summed E-state index contributed by atoms with van der Waals surface area (Å²) >= 11 is 0. The number of hydrogen-bond donors (Lipinski definition) is 1. The van der Waals surface area contributed by atoms with E-state index in [1.807, 2.05) is 0 Å². The number of methoxy groups -OCH3 is 1. The molecule has 0 aliphatic carbocycles. The third-order valence-electron chi connectivity index (χ3n) is 3.26. The Balaban J connectivity index is 2.55. The van der Waals surface area contributed by atoms with E-state index < -0.39 is 0 Å². The molecule has 0 aromatic heterocycles. The zero-order valence-electron chi connectivity index (χ0n) is 12.5. The Hall–Kier alpha value is -0.860. The van der Waals surface area contributed by atoms with Crippen LogP contribution in [0, 0.1) is 19.3 Å². The topological polar surface area (TPSA) is 21.3 Å². The van der Waals surface area contributed by atoms with Gasteiger partial charge in [-0.1, -0.05) is 37.6 Å². The van der Waals surface area contributed by atoms with E-state index in [1.54, 1.807) is 7.11 Å². The van der Waals surface area contributed by atoms with Crippen LogP contribution in [0.25, 0.3) is 0 Å². The molecule has 2 heteroatoms. The van der Waals surface area contributed by atoms with Crippen molar-refractivity contribution in [1.82, 2.24) is 5.32 Å². The maximum absolute atomic E-state index is 5.05. The average Bonchev–Trinajstić information content (AvgIpc) is 2.29. The molecule has 0 spiro atoms. The molecule has 0 radical (unpaired) electrons. The minimum Gasteiger partial charge on any atom is -0.383 e. The van der Waals surface area contributed by atoms with Crippen LogP contribution in [0.4, 0.5) is 0 Å². The highest BCUT2D eigenvalue weighted by atomic mass is 16.5. The molecule has 0 saturated carbocycles. The van der Waals surface area contributed by atoms with Gasteiger partial charge in [0.25, 0.3) is 0 Å². The maximum Gasteiger partial charge on any atom is 0.0587 e. The monoisotopic (exact) mass is 249 g/mol. The van der Waals surface area contributed by atoms with Gasteiger partial charge in [-0.2, -0.15) is 0 Å². The van der Waals surface area contributed by atoms with Gasteiger partial charge in [0.15, 0.2) is 0 Å². The molecule has 0 saturated heterocycles. The lowest BCUT2D eigenvalue weighted by Crippen LogP contribution is -2.33. The first kappa shape index (κ1) is 15.2. The van der Waals surface area contributed by atoms with Crippen molar-refractivity contribution in [3.8, 4) is 0 Å². The van der Waals surface area contributed by atoms with Crippen molar-refractivity contribution in [2.24, 2.45) is 5.41 Å². The van der Waals surface area contributed by atoms with Crippen molar-refractivity contribution in [2.45, 2.75) is 34.1 Å². The molecule has 0 amide bonds. The molecule has 1 aromatic rings. The summed E-state index contributed by atoms with van der Waals surface area (Å²) in [5.41, 5.74) is 4.48. The molecule has 1 aromatic carbocycles. The molecular weight excluding hydrogens is 222 g/mol. The lowest BCUT2D eigenvalue weighted by Gasteiger charge is -2.26. The van der Waals surface area contributed by atoms with Gasteiger partial charge in [0.1, 0.15) is 0 Å². The molecule has 0 heterocycles. The SMILES string of the molecule is COCCNCC(C)(C)Cc1cc(C)ccc1C. The third kappa shape index (κ3) is 5.19. The van der Waals surface area contributed by atoms with Crippen LogP contribution in [-0.2, 0) is 11.2 Å². The molecular formula is C16H27NO. The first-order valence-electron chi connectivity index (χ1n) is 6.70. The van der Waals surface area contributed by atoms with E-state index in [9.17, 15) is 0 Å². The lowest BCUT2D eigenvalue weighted by atomic mass is 9.84. The van der Waals surface area contributed by atoms with Crippen LogP contribution in [0.3, 0.4) is 0 Å². The fourth-order valence-electron chi connectivity index (χ4n) is 2.17. The highest BCUT2D eigenvalue weighted by Gasteiger charge is 2.19. The fraction of sp³-hybridized carbons (Fsp3) is 0.625. The molecule has 0 aliphatic heterocycles. The zero-order chi connectivity index (χ0) is 13.6. The molecule has 0 bridgehead atoms. The zero-order valence-corrected chi connectivity index (χ0v) is 12.5. The first-order valence-corrected chi connectivity index (χ1v) is 6.70. The second-order valence-electron chi connectivity index (χ2n) is 5.94. The number of ether oxygens (including phenoxy) is 1. The summed E-state index contributed by atoms with van der Waals surface area (Å²) in [5.74, 6) is 0. The second-order valence-corrected chi connectivity index (χ2v) is 5.94. The number of aryl methyl sites for hydroxylation is 2. The third-order valence-corrected chi connectivity index (χ3v) is 3.26. The van der Waals surface area contributed by atoms with Gasteiger partial charge in [-0.3, -0.25) is 0 Å². The molecule has 0 atom stereocenters. The fourth-order valence-corrected chi connectivity index (χ4v) is 2.17. The number of benzene rings is 1. The van der Waals surface area contributed by atoms with Gasteiger partial charge in [0.05, 0.1) is 6.61 Å². The van der Waals surface area contributed by atoms with Gasteiger partial charge in [0, 0.05) is 20.2 Å². The number of nitrogens with one attached hydrogen (secondary N) is 1. The van der Waals surface area contributed by atoms with Gasteiger partial charge >= 0.3 is 0 Å². The van der Waals surface area contributed by atoms with E-state index in [2.05, 4.69) is 51.2 Å². The lowest BCUT2D eigenvalue weighted by molar-refractivity contribution is 0.194. The Labute approximate surface area is 112 Å². The van der Waals surface area contributed by atoms with Gasteiger partial charge in [0.2, 0.25) is 0 Å². The Kier molecular flexibility index (Phi) is 5.83. The molecule has 1 N–H and O–H groups in total. The highest BCUT2D eigenvalue weighted by molar-refractivity contribution is 5.31. The summed E-state index contributed by atoms with van der Waals surface area (Å²) in [4.78, 5) is 0. The van der Waals surface area contributed by atoms with Crippen LogP contribution in [0.15, 0.2) is 18.2 Å². The Morgan fingerprint density at radius 1 is 1.22 bits per heavy atom. The van der Waals surface area contributed by atoms with Crippen LogP contribution in [0.5, 0.6) is 0 Å². The van der Waals surface area contributed by atoms with Crippen LogP contribution in [-0.4, -0.2) is 26.8 Å². The second kappa shape index (κ2) is 6.91. The molecule has 0 aliphatic rings. The standard InChI is InChI=1S/C16H27NO/c1-13-6-7-14(2)15(10-13)11-16(3,4)12-17-8-9-18-5/h6-7,10,17H,8-9,11-12H2,1-5H3. The minimum absolute atomic E-state index is 0.270. The van der Waals surface area contributed by atoms with Crippen LogP contribution in [0.2, 0.25) is 0 Å². The van der Waals surface area contributed by atoms with Crippen LogP contribution >= 0.6 is 0 Å². The van der Waals surface area contributed by atoms with E-state index in [-0.39, 0.29) is 5.41 Å². The first-order chi connectivity index (χ1) is 8.44.